The summed E-state index contributed by atoms with van der Waals surface area (Å²) in [5, 5.41) is 0. The second-order valence-corrected chi connectivity index (χ2v) is 7.15. The molecule has 2 rings (SSSR count). The van der Waals surface area contributed by atoms with E-state index in [-0.39, 0.29) is 9.90 Å². The van der Waals surface area contributed by atoms with Gasteiger partial charge in [0.2, 0.25) is 0 Å². The fourth-order valence-corrected chi connectivity index (χ4v) is 3.35. The van der Waals surface area contributed by atoms with Crippen molar-refractivity contribution in [1.82, 2.24) is 10.9 Å². The molecule has 0 spiro atoms. The predicted octanol–water partition coefficient (Wildman–Crippen LogP) is 3.93. The summed E-state index contributed by atoms with van der Waals surface area (Å²) < 4.78 is 11.4. The van der Waals surface area contributed by atoms with Crippen LogP contribution in [0.2, 0.25) is 8.67 Å². The van der Waals surface area contributed by atoms with Crippen LogP contribution in [0, 0.1) is 0 Å². The van der Waals surface area contributed by atoms with Crippen molar-refractivity contribution >= 4 is 46.4 Å². The van der Waals surface area contributed by atoms with Crippen LogP contribution in [0.25, 0.3) is 0 Å². The number of amides is 2. The molecule has 25 heavy (non-hydrogen) atoms. The van der Waals surface area contributed by atoms with Crippen molar-refractivity contribution in [3.05, 3.63) is 44.1 Å². The van der Waals surface area contributed by atoms with E-state index in [4.69, 9.17) is 32.7 Å². The van der Waals surface area contributed by atoms with Crippen LogP contribution >= 0.6 is 34.5 Å². The number of nitrogens with one attached hydrogen (secondary N) is 2. The highest BCUT2D eigenvalue weighted by Gasteiger charge is 2.16. The molecule has 2 N–H and O–H groups in total. The Bertz CT molecular complexity index is 779. The lowest BCUT2D eigenvalue weighted by Gasteiger charge is -2.12. The standard InChI is InChI=1S/C16H16Cl2N2O4S/c1-3-6-24-11-5-4-9(7-12(11)23-2)15(21)19-20-16(22)10-8-13(17)25-14(10)18/h4-5,7-8H,3,6H2,1-2H3,(H,19,21)(H,20,22). The lowest BCUT2D eigenvalue weighted by Crippen LogP contribution is -2.41. The summed E-state index contributed by atoms with van der Waals surface area (Å²) in [5.74, 6) is -0.0905. The maximum absolute atomic E-state index is 12.2. The maximum Gasteiger partial charge on any atom is 0.272 e. The number of rotatable bonds is 6. The number of ether oxygens (including phenoxy) is 2. The Kier molecular flexibility index (Phi) is 6.92. The van der Waals surface area contributed by atoms with Crippen LogP contribution in [0.1, 0.15) is 34.1 Å². The first-order chi connectivity index (χ1) is 12.0. The highest BCUT2D eigenvalue weighted by Crippen LogP contribution is 2.31. The molecular formula is C16H16Cl2N2O4S. The van der Waals surface area contributed by atoms with Crippen molar-refractivity contribution in [1.29, 1.82) is 0 Å². The van der Waals surface area contributed by atoms with Gasteiger partial charge in [-0.25, -0.2) is 0 Å². The van der Waals surface area contributed by atoms with E-state index in [0.29, 0.717) is 28.0 Å². The molecule has 0 fully saturated rings. The average Bonchev–Trinajstić information content (AvgIpc) is 2.95. The van der Waals surface area contributed by atoms with Gasteiger partial charge in [0.25, 0.3) is 11.8 Å². The molecule has 0 saturated carbocycles. The third-order valence-electron chi connectivity index (χ3n) is 3.08. The number of hydrazine groups is 1. The molecule has 0 bridgehead atoms. The summed E-state index contributed by atoms with van der Waals surface area (Å²) in [6.45, 7) is 2.53. The molecule has 2 aromatic rings. The molecule has 1 heterocycles. The molecule has 0 saturated heterocycles. The normalized spacial score (nSPS) is 10.2. The van der Waals surface area contributed by atoms with Gasteiger partial charge in [0.1, 0.15) is 4.34 Å². The van der Waals surface area contributed by atoms with Crippen molar-refractivity contribution in [2.75, 3.05) is 13.7 Å². The fraction of sp³-hybridized carbons (Fsp3) is 0.250. The molecule has 9 heteroatoms. The molecule has 0 unspecified atom stereocenters. The Morgan fingerprint density at radius 2 is 1.84 bits per heavy atom. The molecule has 0 atom stereocenters. The summed E-state index contributed by atoms with van der Waals surface area (Å²) in [5.41, 5.74) is 5.10. The van der Waals surface area contributed by atoms with Crippen LogP contribution in [0.15, 0.2) is 24.3 Å². The van der Waals surface area contributed by atoms with Crippen LogP contribution in [0.5, 0.6) is 11.5 Å². The SMILES string of the molecule is CCCOc1ccc(C(=O)NNC(=O)c2cc(Cl)sc2Cl)cc1OC. The van der Waals surface area contributed by atoms with Crippen LogP contribution in [0.4, 0.5) is 0 Å². The van der Waals surface area contributed by atoms with E-state index in [1.165, 1.54) is 19.2 Å². The van der Waals surface area contributed by atoms with E-state index in [2.05, 4.69) is 10.9 Å². The van der Waals surface area contributed by atoms with Gasteiger partial charge in [-0.1, -0.05) is 30.1 Å². The monoisotopic (exact) mass is 402 g/mol. The second-order valence-electron chi connectivity index (χ2n) is 4.86. The van der Waals surface area contributed by atoms with E-state index in [0.717, 1.165) is 17.8 Å². The number of hydrogen-bond acceptors (Lipinski definition) is 5. The second kappa shape index (κ2) is 8.94. The van der Waals surface area contributed by atoms with Crippen molar-refractivity contribution in [2.24, 2.45) is 0 Å². The molecule has 6 nitrogen and oxygen atoms in total. The Labute approximate surface area is 159 Å². The van der Waals surface area contributed by atoms with Gasteiger partial charge in [-0.05, 0) is 30.7 Å². The minimum absolute atomic E-state index is 0.192. The van der Waals surface area contributed by atoms with Crippen molar-refractivity contribution in [2.45, 2.75) is 13.3 Å². The maximum atomic E-state index is 12.2. The largest absolute Gasteiger partial charge is 0.493 e. The van der Waals surface area contributed by atoms with E-state index < -0.39 is 11.8 Å². The Morgan fingerprint density at radius 3 is 2.44 bits per heavy atom. The summed E-state index contributed by atoms with van der Waals surface area (Å²) in [6.07, 6.45) is 0.854. The third kappa shape index (κ3) is 5.01. The molecule has 0 radical (unpaired) electrons. The molecule has 134 valence electrons. The van der Waals surface area contributed by atoms with E-state index in [1.807, 2.05) is 6.92 Å². The molecular weight excluding hydrogens is 387 g/mol. The van der Waals surface area contributed by atoms with Gasteiger partial charge in [0, 0.05) is 5.56 Å². The van der Waals surface area contributed by atoms with Gasteiger partial charge < -0.3 is 9.47 Å². The lowest BCUT2D eigenvalue weighted by molar-refractivity contribution is 0.0847. The van der Waals surface area contributed by atoms with Gasteiger partial charge in [-0.3, -0.25) is 20.4 Å². The molecule has 0 aliphatic heterocycles. The number of halogens is 2. The predicted molar refractivity (Wildman–Crippen MR) is 98.1 cm³/mol. The number of hydrogen-bond donors (Lipinski definition) is 2. The van der Waals surface area contributed by atoms with Gasteiger partial charge in [0.15, 0.2) is 11.5 Å². The Morgan fingerprint density at radius 1 is 1.12 bits per heavy atom. The first-order valence-corrected chi connectivity index (χ1v) is 8.89. The molecule has 0 aliphatic carbocycles. The summed E-state index contributed by atoms with van der Waals surface area (Å²) in [4.78, 5) is 24.2. The summed E-state index contributed by atoms with van der Waals surface area (Å²) >= 11 is 12.8. The quantitative estimate of drug-likeness (QED) is 0.717. The third-order valence-corrected chi connectivity index (χ3v) is 4.57. The summed E-state index contributed by atoms with van der Waals surface area (Å²) in [6, 6.07) is 6.17. The van der Waals surface area contributed by atoms with E-state index >= 15 is 0 Å². The smallest absolute Gasteiger partial charge is 0.272 e. The van der Waals surface area contributed by atoms with Gasteiger partial charge in [-0.15, -0.1) is 11.3 Å². The molecule has 1 aromatic heterocycles. The average molecular weight is 403 g/mol. The lowest BCUT2D eigenvalue weighted by atomic mass is 10.2. The number of benzene rings is 1. The van der Waals surface area contributed by atoms with Gasteiger partial charge >= 0.3 is 0 Å². The van der Waals surface area contributed by atoms with Gasteiger partial charge in [0.05, 0.1) is 23.6 Å². The van der Waals surface area contributed by atoms with E-state index in [9.17, 15) is 9.59 Å². The highest BCUT2D eigenvalue weighted by atomic mass is 35.5. The van der Waals surface area contributed by atoms with Crippen LogP contribution in [0.3, 0.4) is 0 Å². The molecule has 2 amide bonds. The van der Waals surface area contributed by atoms with E-state index in [1.54, 1.807) is 12.1 Å². The van der Waals surface area contributed by atoms with Crippen LogP contribution in [-0.2, 0) is 0 Å². The van der Waals surface area contributed by atoms with Crippen molar-refractivity contribution < 1.29 is 19.1 Å². The van der Waals surface area contributed by atoms with Gasteiger partial charge in [-0.2, -0.15) is 0 Å². The first-order valence-electron chi connectivity index (χ1n) is 7.32. The number of thiophene rings is 1. The zero-order valence-electron chi connectivity index (χ0n) is 13.5. The van der Waals surface area contributed by atoms with Crippen LogP contribution < -0.4 is 20.3 Å². The zero-order valence-corrected chi connectivity index (χ0v) is 15.8. The van der Waals surface area contributed by atoms with Crippen molar-refractivity contribution in [3.63, 3.8) is 0 Å². The highest BCUT2D eigenvalue weighted by molar-refractivity contribution is 7.20. The number of methoxy groups -OCH3 is 1. The fourth-order valence-electron chi connectivity index (χ4n) is 1.89. The summed E-state index contributed by atoms with van der Waals surface area (Å²) in [7, 11) is 1.49. The Hall–Kier alpha value is -1.96. The first kappa shape index (κ1) is 19.4. The topological polar surface area (TPSA) is 76.7 Å². The minimum Gasteiger partial charge on any atom is -0.493 e. The van der Waals surface area contributed by atoms with Crippen molar-refractivity contribution in [3.8, 4) is 11.5 Å². The minimum atomic E-state index is -0.559. The number of carbonyl (C=O) groups is 2. The van der Waals surface area contributed by atoms with Crippen LogP contribution in [-0.4, -0.2) is 25.5 Å². The molecule has 0 aliphatic rings. The number of carbonyl (C=O) groups excluding carboxylic acids is 2. The molecule has 1 aromatic carbocycles. The zero-order chi connectivity index (χ0) is 18.4. The Balaban J connectivity index is 2.03.